The molecule has 4 amide bonds. The molecule has 0 spiro atoms. The van der Waals surface area contributed by atoms with Crippen LogP contribution in [0.15, 0.2) is 42.5 Å². The summed E-state index contributed by atoms with van der Waals surface area (Å²) in [6, 6.07) is 6.81. The molecule has 3 aromatic rings. The molecular weight excluding hydrogens is 630 g/mol. The maximum absolute atomic E-state index is 14.8. The Labute approximate surface area is 264 Å². The Morgan fingerprint density at radius 3 is 2.45 bits per heavy atom. The van der Waals surface area contributed by atoms with Crippen molar-refractivity contribution in [1.82, 2.24) is 10.2 Å². The minimum absolute atomic E-state index is 0.0953. The van der Waals surface area contributed by atoms with Crippen LogP contribution in [-0.4, -0.2) is 54.1 Å². The van der Waals surface area contributed by atoms with E-state index >= 15 is 0 Å². The number of hydrogen-bond donors (Lipinski definition) is 2. The molecule has 1 unspecified atom stereocenters. The number of nitrogens with one attached hydrogen (secondary N) is 2. The quantitative estimate of drug-likeness (QED) is 0.194. The largest absolute Gasteiger partial charge is 0.487 e. The molecule has 3 aromatic carbocycles. The lowest BCUT2D eigenvalue weighted by molar-refractivity contribution is -0.136. The highest BCUT2D eigenvalue weighted by molar-refractivity contribution is 6.06. The first kappa shape index (κ1) is 31.8. The van der Waals surface area contributed by atoms with Crippen LogP contribution < -0.4 is 20.1 Å². The standard InChI is InChI=1S/C32H27F4N3O8/c33-21-10-18(46-20-11-22(34)28(36)23(35)12-20)5-6-24(21)37-32(43)45-14-17-4-3-16-13-39(25-7-8-26(40)38-30(25)41)31(42)27(16)29(17)47-19-2-1-9-44-15-19/h3-6,10-12,19,25H,1-2,7-9,13-15H2,(H,37,43)(H,38,40,41)/t19-,25?/m1/s1. The molecule has 0 bridgehead atoms. The normalized spacial score (nSPS) is 19.2. The summed E-state index contributed by atoms with van der Waals surface area (Å²) in [5, 5.41) is 4.51. The van der Waals surface area contributed by atoms with Crippen molar-refractivity contribution >= 4 is 29.5 Å². The number of carbonyl (C=O) groups is 4. The molecule has 246 valence electrons. The van der Waals surface area contributed by atoms with Gasteiger partial charge in [-0.3, -0.25) is 25.0 Å². The monoisotopic (exact) mass is 657 g/mol. The van der Waals surface area contributed by atoms with Gasteiger partial charge >= 0.3 is 6.09 Å². The average Bonchev–Trinajstić information content (AvgIpc) is 3.37. The molecule has 3 aliphatic rings. The first-order chi connectivity index (χ1) is 22.6. The molecule has 2 fully saturated rings. The van der Waals surface area contributed by atoms with Crippen molar-refractivity contribution in [3.63, 3.8) is 0 Å². The minimum atomic E-state index is -1.68. The van der Waals surface area contributed by atoms with Crippen LogP contribution in [0.25, 0.3) is 0 Å². The van der Waals surface area contributed by atoms with E-state index < -0.39 is 65.0 Å². The van der Waals surface area contributed by atoms with Gasteiger partial charge < -0.3 is 23.8 Å². The van der Waals surface area contributed by atoms with E-state index in [2.05, 4.69) is 10.6 Å². The number of halogens is 4. The molecule has 11 nitrogen and oxygen atoms in total. The summed E-state index contributed by atoms with van der Waals surface area (Å²) in [6.45, 7) is 0.583. The van der Waals surface area contributed by atoms with Gasteiger partial charge in [0.15, 0.2) is 23.3 Å². The number of fused-ring (bicyclic) bond motifs is 1. The van der Waals surface area contributed by atoms with Crippen molar-refractivity contribution in [2.45, 2.75) is 51.0 Å². The zero-order valence-electron chi connectivity index (χ0n) is 24.6. The third-order valence-electron chi connectivity index (χ3n) is 7.86. The lowest BCUT2D eigenvalue weighted by Gasteiger charge is -2.29. The fraction of sp³-hybridized carbons (Fsp3) is 0.312. The third kappa shape index (κ3) is 6.84. The van der Waals surface area contributed by atoms with Gasteiger partial charge in [0.25, 0.3) is 5.91 Å². The Hall–Kier alpha value is -5.18. The van der Waals surface area contributed by atoms with Crippen LogP contribution in [0.3, 0.4) is 0 Å². The number of hydrogen-bond acceptors (Lipinski definition) is 8. The van der Waals surface area contributed by atoms with Crippen molar-refractivity contribution in [2.75, 3.05) is 18.5 Å². The maximum Gasteiger partial charge on any atom is 0.412 e. The van der Waals surface area contributed by atoms with Gasteiger partial charge in [0.05, 0.1) is 17.9 Å². The minimum Gasteiger partial charge on any atom is -0.487 e. The second kappa shape index (κ2) is 13.3. The molecule has 3 heterocycles. The van der Waals surface area contributed by atoms with Crippen LogP contribution in [-0.2, 0) is 32.2 Å². The fourth-order valence-corrected chi connectivity index (χ4v) is 5.56. The SMILES string of the molecule is O=C1CCC(N2Cc3ccc(COC(=O)Nc4ccc(Oc5cc(F)c(F)c(F)c5)cc4F)c(O[C@@H]4CCCOC4)c3C2=O)C(=O)N1. The van der Waals surface area contributed by atoms with Crippen LogP contribution in [0, 0.1) is 23.3 Å². The molecule has 2 saturated heterocycles. The zero-order chi connectivity index (χ0) is 33.2. The molecular formula is C32H27F4N3O8. The predicted octanol–water partition coefficient (Wildman–Crippen LogP) is 5.10. The molecule has 15 heteroatoms. The van der Waals surface area contributed by atoms with Crippen LogP contribution in [0.2, 0.25) is 0 Å². The summed E-state index contributed by atoms with van der Waals surface area (Å²) < 4.78 is 77.3. The summed E-state index contributed by atoms with van der Waals surface area (Å²) in [6.07, 6.45) is 0.219. The van der Waals surface area contributed by atoms with Gasteiger partial charge in [-0.15, -0.1) is 0 Å². The van der Waals surface area contributed by atoms with E-state index in [0.717, 1.165) is 18.6 Å². The van der Waals surface area contributed by atoms with Crippen LogP contribution in [0.1, 0.15) is 47.2 Å². The fourth-order valence-electron chi connectivity index (χ4n) is 5.56. The number of benzene rings is 3. The summed E-state index contributed by atoms with van der Waals surface area (Å²) in [7, 11) is 0. The predicted molar refractivity (Wildman–Crippen MR) is 154 cm³/mol. The highest BCUT2D eigenvalue weighted by Gasteiger charge is 2.41. The molecule has 2 N–H and O–H groups in total. The molecule has 47 heavy (non-hydrogen) atoms. The van der Waals surface area contributed by atoms with E-state index in [1.807, 2.05) is 0 Å². The summed E-state index contributed by atoms with van der Waals surface area (Å²) in [4.78, 5) is 51.9. The van der Waals surface area contributed by atoms with Gasteiger partial charge in [-0.1, -0.05) is 12.1 Å². The molecule has 0 aliphatic carbocycles. The van der Waals surface area contributed by atoms with Crippen LogP contribution in [0.4, 0.5) is 28.0 Å². The van der Waals surface area contributed by atoms with E-state index in [4.69, 9.17) is 18.9 Å². The highest BCUT2D eigenvalue weighted by atomic mass is 19.2. The van der Waals surface area contributed by atoms with Crippen molar-refractivity contribution in [3.8, 4) is 17.2 Å². The van der Waals surface area contributed by atoms with Gasteiger partial charge in [-0.25, -0.2) is 22.4 Å². The van der Waals surface area contributed by atoms with Gasteiger partial charge in [0.1, 0.15) is 36.0 Å². The van der Waals surface area contributed by atoms with E-state index in [-0.39, 0.29) is 55.4 Å². The Morgan fingerprint density at radius 2 is 1.74 bits per heavy atom. The Bertz CT molecular complexity index is 1740. The molecule has 0 radical (unpaired) electrons. The molecule has 0 aromatic heterocycles. The number of ether oxygens (including phenoxy) is 4. The Balaban J connectivity index is 1.16. The molecule has 6 rings (SSSR count). The van der Waals surface area contributed by atoms with E-state index in [9.17, 15) is 36.7 Å². The Kier molecular flexibility index (Phi) is 8.98. The second-order valence-corrected chi connectivity index (χ2v) is 11.1. The molecule has 0 saturated carbocycles. The third-order valence-corrected chi connectivity index (χ3v) is 7.86. The van der Waals surface area contributed by atoms with E-state index in [1.54, 1.807) is 12.1 Å². The first-order valence-electron chi connectivity index (χ1n) is 14.7. The number of nitrogens with zero attached hydrogens (tertiary/aromatic N) is 1. The number of anilines is 1. The van der Waals surface area contributed by atoms with Gasteiger partial charge in [0, 0.05) is 43.3 Å². The first-order valence-corrected chi connectivity index (χ1v) is 14.7. The number of imide groups is 1. The van der Waals surface area contributed by atoms with Crippen molar-refractivity contribution in [3.05, 3.63) is 82.4 Å². The second-order valence-electron chi connectivity index (χ2n) is 11.1. The number of amides is 4. The number of piperidine rings is 1. The zero-order valence-corrected chi connectivity index (χ0v) is 24.6. The summed E-state index contributed by atoms with van der Waals surface area (Å²) in [5.41, 5.74) is 0.837. The summed E-state index contributed by atoms with van der Waals surface area (Å²) >= 11 is 0. The summed E-state index contributed by atoms with van der Waals surface area (Å²) in [5.74, 6) is -7.48. The van der Waals surface area contributed by atoms with Gasteiger partial charge in [-0.05, 0) is 37.0 Å². The van der Waals surface area contributed by atoms with E-state index in [1.165, 1.54) is 11.0 Å². The lowest BCUT2D eigenvalue weighted by Crippen LogP contribution is -2.52. The average molecular weight is 658 g/mol. The number of carbonyl (C=O) groups excluding carboxylic acids is 4. The van der Waals surface area contributed by atoms with Gasteiger partial charge in [0.2, 0.25) is 11.8 Å². The topological polar surface area (TPSA) is 132 Å². The van der Waals surface area contributed by atoms with Gasteiger partial charge in [-0.2, -0.15) is 0 Å². The Morgan fingerprint density at radius 1 is 0.979 bits per heavy atom. The van der Waals surface area contributed by atoms with Crippen LogP contribution in [0.5, 0.6) is 17.2 Å². The van der Waals surface area contributed by atoms with Crippen molar-refractivity contribution < 1.29 is 55.7 Å². The van der Waals surface area contributed by atoms with Crippen molar-refractivity contribution in [1.29, 1.82) is 0 Å². The van der Waals surface area contributed by atoms with Crippen LogP contribution >= 0.6 is 0 Å². The molecule has 3 aliphatic heterocycles. The van der Waals surface area contributed by atoms with Crippen molar-refractivity contribution in [2.24, 2.45) is 0 Å². The van der Waals surface area contributed by atoms with E-state index in [0.29, 0.717) is 36.3 Å². The maximum atomic E-state index is 14.8. The smallest absolute Gasteiger partial charge is 0.412 e. The lowest BCUT2D eigenvalue weighted by atomic mass is 10.0. The number of rotatable bonds is 8. The molecule has 2 atom stereocenters. The highest BCUT2D eigenvalue weighted by Crippen LogP contribution is 2.38.